The number of hydrogen-bond acceptors (Lipinski definition) is 7. The lowest BCUT2D eigenvalue weighted by Gasteiger charge is -2.19. The van der Waals surface area contributed by atoms with Gasteiger partial charge in [0.05, 0.1) is 17.1 Å². The quantitative estimate of drug-likeness (QED) is 0.290. The molecule has 198 valence electrons. The molecule has 0 spiro atoms. The number of halogens is 2. The lowest BCUT2D eigenvalue weighted by Crippen LogP contribution is -2.42. The third-order valence-corrected chi connectivity index (χ3v) is 5.67. The van der Waals surface area contributed by atoms with Gasteiger partial charge in [-0.1, -0.05) is 18.2 Å². The van der Waals surface area contributed by atoms with Crippen molar-refractivity contribution >= 4 is 33.4 Å². The Kier molecular flexibility index (Phi) is 8.24. The van der Waals surface area contributed by atoms with Crippen molar-refractivity contribution < 1.29 is 31.5 Å². The van der Waals surface area contributed by atoms with Crippen LogP contribution in [0.5, 0.6) is 11.5 Å². The van der Waals surface area contributed by atoms with Gasteiger partial charge in [-0.25, -0.2) is 18.3 Å². The van der Waals surface area contributed by atoms with E-state index < -0.39 is 33.5 Å². The van der Waals surface area contributed by atoms with Crippen molar-refractivity contribution in [2.45, 2.75) is 39.8 Å². The molecule has 3 aromatic rings. The number of ether oxygens (including phenoxy) is 2. The molecule has 12 heteroatoms. The fourth-order valence-corrected chi connectivity index (χ4v) is 3.81. The number of benzene rings is 3. The Hall–Kier alpha value is -3.90. The van der Waals surface area contributed by atoms with Crippen molar-refractivity contribution in [2.75, 3.05) is 11.1 Å². The highest BCUT2D eigenvalue weighted by Gasteiger charge is 2.21. The van der Waals surface area contributed by atoms with Crippen molar-refractivity contribution in [2.24, 2.45) is 0 Å². The Morgan fingerprint density at radius 3 is 2.43 bits per heavy atom. The second-order valence-corrected chi connectivity index (χ2v) is 10.7. The van der Waals surface area contributed by atoms with Crippen LogP contribution in [0.3, 0.4) is 0 Å². The lowest BCUT2D eigenvalue weighted by atomic mass is 10.2. The molecule has 0 fully saturated rings. The van der Waals surface area contributed by atoms with Crippen molar-refractivity contribution in [3.63, 3.8) is 0 Å². The SMILES string of the molecule is Cc1ccc(Nc2cc(F)cc(Oc3cccc(CNS(=O)(=O)NC(=O)OC(C)(C)C)c3)c2N)c(F)c1. The van der Waals surface area contributed by atoms with E-state index in [9.17, 15) is 22.0 Å². The summed E-state index contributed by atoms with van der Waals surface area (Å²) in [7, 11) is -4.20. The number of nitrogens with two attached hydrogens (primary N) is 1. The summed E-state index contributed by atoms with van der Waals surface area (Å²) in [5, 5.41) is 2.77. The predicted molar refractivity (Wildman–Crippen MR) is 137 cm³/mol. The Morgan fingerprint density at radius 2 is 1.76 bits per heavy atom. The minimum atomic E-state index is -4.20. The maximum atomic E-state index is 14.3. The molecule has 9 nitrogen and oxygen atoms in total. The van der Waals surface area contributed by atoms with Gasteiger partial charge < -0.3 is 20.5 Å². The van der Waals surface area contributed by atoms with Gasteiger partial charge in [0.1, 0.15) is 23.0 Å². The number of hydrogen-bond donors (Lipinski definition) is 4. The lowest BCUT2D eigenvalue weighted by molar-refractivity contribution is 0.0569. The topological polar surface area (TPSA) is 132 Å². The highest BCUT2D eigenvalue weighted by atomic mass is 32.2. The largest absolute Gasteiger partial charge is 0.455 e. The minimum absolute atomic E-state index is 0.0284. The van der Waals surface area contributed by atoms with Gasteiger partial charge in [0.2, 0.25) is 0 Å². The summed E-state index contributed by atoms with van der Waals surface area (Å²) < 4.78 is 67.5. The van der Waals surface area contributed by atoms with E-state index in [-0.39, 0.29) is 35.1 Å². The van der Waals surface area contributed by atoms with Crippen LogP contribution in [0, 0.1) is 18.6 Å². The maximum Gasteiger partial charge on any atom is 0.422 e. The summed E-state index contributed by atoms with van der Waals surface area (Å²) in [5.41, 5.74) is 6.74. The smallest absolute Gasteiger partial charge is 0.422 e. The zero-order valence-corrected chi connectivity index (χ0v) is 21.5. The van der Waals surface area contributed by atoms with Gasteiger partial charge in [-0.15, -0.1) is 0 Å². The van der Waals surface area contributed by atoms with Crippen LogP contribution in [-0.2, 0) is 21.5 Å². The molecule has 0 atom stereocenters. The van der Waals surface area contributed by atoms with Gasteiger partial charge in [0, 0.05) is 12.6 Å². The number of nitrogens with one attached hydrogen (secondary N) is 3. The molecule has 0 aliphatic rings. The van der Waals surface area contributed by atoms with E-state index in [0.717, 1.165) is 17.7 Å². The first-order valence-electron chi connectivity index (χ1n) is 11.1. The van der Waals surface area contributed by atoms with Crippen LogP contribution in [0.2, 0.25) is 0 Å². The first-order chi connectivity index (χ1) is 17.2. The molecule has 5 N–H and O–H groups in total. The van der Waals surface area contributed by atoms with E-state index in [4.69, 9.17) is 15.2 Å². The maximum absolute atomic E-state index is 14.3. The molecular formula is C25H28F2N4O5S. The molecule has 0 aromatic heterocycles. The molecule has 0 saturated heterocycles. The standard InChI is InChI=1S/C25H28F2N4O5S/c1-15-8-9-20(19(27)10-15)30-21-12-17(26)13-22(23(21)28)35-18-7-5-6-16(11-18)14-29-37(33,34)31-24(32)36-25(2,3)4/h5-13,29-30H,14,28H2,1-4H3,(H,31,32). The summed E-state index contributed by atoms with van der Waals surface area (Å²) in [6.07, 6.45) is -1.12. The van der Waals surface area contributed by atoms with Gasteiger partial charge in [0.15, 0.2) is 5.75 Å². The number of rotatable bonds is 8. The fraction of sp³-hybridized carbons (Fsp3) is 0.240. The average Bonchev–Trinajstić information content (AvgIpc) is 2.76. The molecular weight excluding hydrogens is 506 g/mol. The average molecular weight is 535 g/mol. The molecule has 3 rings (SSSR count). The van der Waals surface area contributed by atoms with Gasteiger partial charge >= 0.3 is 16.3 Å². The van der Waals surface area contributed by atoms with Crippen LogP contribution < -0.4 is 25.2 Å². The molecule has 37 heavy (non-hydrogen) atoms. The van der Waals surface area contributed by atoms with Crippen LogP contribution in [0.25, 0.3) is 0 Å². The Morgan fingerprint density at radius 1 is 1.03 bits per heavy atom. The molecule has 0 unspecified atom stereocenters. The Labute approximate surface area is 214 Å². The second kappa shape index (κ2) is 11.0. The van der Waals surface area contributed by atoms with E-state index in [1.807, 2.05) is 0 Å². The molecule has 0 aliphatic carbocycles. The number of amides is 1. The van der Waals surface area contributed by atoms with E-state index in [1.165, 1.54) is 18.2 Å². The van der Waals surface area contributed by atoms with E-state index in [2.05, 4.69) is 10.0 Å². The summed E-state index contributed by atoms with van der Waals surface area (Å²) >= 11 is 0. The van der Waals surface area contributed by atoms with E-state index in [0.29, 0.717) is 5.56 Å². The van der Waals surface area contributed by atoms with Gasteiger partial charge in [-0.3, -0.25) is 0 Å². The minimum Gasteiger partial charge on any atom is -0.455 e. The van der Waals surface area contributed by atoms with Crippen LogP contribution >= 0.6 is 0 Å². The number of anilines is 3. The molecule has 0 bridgehead atoms. The number of aryl methyl sites for hydroxylation is 1. The predicted octanol–water partition coefficient (Wildman–Crippen LogP) is 5.25. The number of carbonyl (C=O) groups excluding carboxylic acids is 1. The highest BCUT2D eigenvalue weighted by molar-refractivity contribution is 7.88. The molecule has 1 amide bonds. The second-order valence-electron chi connectivity index (χ2n) is 9.15. The van der Waals surface area contributed by atoms with Crippen molar-refractivity contribution in [1.82, 2.24) is 9.44 Å². The normalized spacial score (nSPS) is 11.6. The van der Waals surface area contributed by atoms with Gasteiger partial charge in [0.25, 0.3) is 0 Å². The summed E-state index contributed by atoms with van der Waals surface area (Å²) in [4.78, 5) is 11.7. The summed E-state index contributed by atoms with van der Waals surface area (Å²) in [5.74, 6) is -0.986. The van der Waals surface area contributed by atoms with Crippen LogP contribution in [0.1, 0.15) is 31.9 Å². The van der Waals surface area contributed by atoms with Gasteiger partial charge in [-0.2, -0.15) is 13.1 Å². The molecule has 0 radical (unpaired) electrons. The number of carbonyl (C=O) groups is 1. The third kappa shape index (κ3) is 8.33. The fourth-order valence-electron chi connectivity index (χ4n) is 3.12. The summed E-state index contributed by atoms with van der Waals surface area (Å²) in [6, 6.07) is 13.0. The monoisotopic (exact) mass is 534 g/mol. The zero-order valence-electron chi connectivity index (χ0n) is 20.7. The van der Waals surface area contributed by atoms with E-state index in [1.54, 1.807) is 56.7 Å². The number of nitrogen functional groups attached to an aromatic ring is 1. The molecule has 0 aliphatic heterocycles. The van der Waals surface area contributed by atoms with Crippen LogP contribution in [0.4, 0.5) is 30.6 Å². The Bertz CT molecular complexity index is 1410. The van der Waals surface area contributed by atoms with Crippen molar-refractivity contribution in [1.29, 1.82) is 0 Å². The third-order valence-electron chi connectivity index (χ3n) is 4.71. The zero-order chi connectivity index (χ0) is 27.4. The van der Waals surface area contributed by atoms with Crippen LogP contribution in [-0.4, -0.2) is 20.1 Å². The Balaban J connectivity index is 1.72. The highest BCUT2D eigenvalue weighted by Crippen LogP contribution is 2.36. The summed E-state index contributed by atoms with van der Waals surface area (Å²) in [6.45, 7) is 6.36. The van der Waals surface area contributed by atoms with Gasteiger partial charge in [-0.05, 0) is 69.2 Å². The molecule has 3 aromatic carbocycles. The molecule has 0 saturated carbocycles. The first kappa shape index (κ1) is 27.7. The van der Waals surface area contributed by atoms with Crippen molar-refractivity contribution in [3.8, 4) is 11.5 Å². The van der Waals surface area contributed by atoms with Crippen LogP contribution in [0.15, 0.2) is 54.6 Å². The van der Waals surface area contributed by atoms with Crippen molar-refractivity contribution in [3.05, 3.63) is 77.4 Å². The first-order valence-corrected chi connectivity index (χ1v) is 12.6. The van der Waals surface area contributed by atoms with E-state index >= 15 is 0 Å². The molecule has 0 heterocycles.